The Balaban J connectivity index is 2.09. The number of rotatable bonds is 4. The largest absolute Gasteiger partial charge is 0.507 e. The Bertz CT molecular complexity index is 455. The highest BCUT2D eigenvalue weighted by atomic mass is 16.5. The van der Waals surface area contributed by atoms with Crippen molar-refractivity contribution in [1.82, 2.24) is 5.32 Å². The van der Waals surface area contributed by atoms with Crippen molar-refractivity contribution in [3.63, 3.8) is 0 Å². The van der Waals surface area contributed by atoms with Crippen molar-refractivity contribution in [2.75, 3.05) is 6.61 Å². The molecule has 0 radical (unpaired) electrons. The summed E-state index contributed by atoms with van der Waals surface area (Å²) < 4.78 is 5.44. The van der Waals surface area contributed by atoms with Crippen LogP contribution >= 0.6 is 0 Å². The molecule has 3 unspecified atom stereocenters. The fraction of sp³-hybridized carbons (Fsp3) is 0.462. The number of carbonyl (C=O) groups is 1. The van der Waals surface area contributed by atoms with Crippen LogP contribution in [0.15, 0.2) is 18.2 Å². The van der Waals surface area contributed by atoms with Gasteiger partial charge in [-0.1, -0.05) is 6.07 Å². The molecule has 2 rings (SSSR count). The summed E-state index contributed by atoms with van der Waals surface area (Å²) in [5.41, 5.74) is 5.68. The van der Waals surface area contributed by atoms with E-state index in [0.717, 1.165) is 0 Å². The summed E-state index contributed by atoms with van der Waals surface area (Å²) in [6.45, 7) is 2.42. The highest BCUT2D eigenvalue weighted by Gasteiger charge is 2.40. The Kier molecular flexibility index (Phi) is 3.92. The van der Waals surface area contributed by atoms with Gasteiger partial charge in [-0.05, 0) is 25.5 Å². The summed E-state index contributed by atoms with van der Waals surface area (Å²) in [7, 11) is 0. The molecule has 104 valence electrons. The van der Waals surface area contributed by atoms with Crippen LogP contribution < -0.4 is 11.1 Å². The van der Waals surface area contributed by atoms with E-state index in [1.165, 1.54) is 18.2 Å². The Hall–Kier alpha value is -1.79. The lowest BCUT2D eigenvalue weighted by atomic mass is 9.83. The monoisotopic (exact) mass is 266 g/mol. The van der Waals surface area contributed by atoms with Crippen LogP contribution in [0.5, 0.6) is 11.5 Å². The predicted octanol–water partition coefficient (Wildman–Crippen LogP) is 0.332. The first-order valence-electron chi connectivity index (χ1n) is 6.23. The maximum Gasteiger partial charge on any atom is 0.259 e. The maximum atomic E-state index is 12.0. The molecule has 0 heterocycles. The topological polar surface area (TPSA) is 105 Å². The average Bonchev–Trinajstić information content (AvgIpc) is 2.36. The van der Waals surface area contributed by atoms with Crippen molar-refractivity contribution in [2.45, 2.75) is 31.5 Å². The standard InChI is InChI=1S/C13H18N2O4/c1-2-19-10-6-7(14)12(10)15-13(18)11-8(16)4-3-5-9(11)17/h3-5,7,10,12,16-17H,2,6,14H2,1H3,(H,15,18). The third-order valence-corrected chi connectivity index (χ3v) is 3.29. The summed E-state index contributed by atoms with van der Waals surface area (Å²) >= 11 is 0. The van der Waals surface area contributed by atoms with Crippen molar-refractivity contribution in [3.8, 4) is 11.5 Å². The first-order valence-corrected chi connectivity index (χ1v) is 6.23. The van der Waals surface area contributed by atoms with Gasteiger partial charge in [0.25, 0.3) is 5.91 Å². The third kappa shape index (κ3) is 2.64. The Labute approximate surface area is 111 Å². The SMILES string of the molecule is CCOC1CC(N)C1NC(=O)c1c(O)cccc1O. The van der Waals surface area contributed by atoms with E-state index >= 15 is 0 Å². The second-order valence-electron chi connectivity index (χ2n) is 4.56. The van der Waals surface area contributed by atoms with Gasteiger partial charge in [0.1, 0.15) is 17.1 Å². The minimum Gasteiger partial charge on any atom is -0.507 e. The van der Waals surface area contributed by atoms with Gasteiger partial charge in [0.15, 0.2) is 0 Å². The molecule has 0 spiro atoms. The van der Waals surface area contributed by atoms with Gasteiger partial charge in [0, 0.05) is 12.6 Å². The van der Waals surface area contributed by atoms with E-state index in [1.807, 2.05) is 6.92 Å². The number of hydrogen-bond acceptors (Lipinski definition) is 5. The molecule has 6 nitrogen and oxygen atoms in total. The maximum absolute atomic E-state index is 12.0. The Morgan fingerprint density at radius 3 is 2.63 bits per heavy atom. The predicted molar refractivity (Wildman–Crippen MR) is 69.0 cm³/mol. The van der Waals surface area contributed by atoms with Crippen molar-refractivity contribution in [2.24, 2.45) is 5.73 Å². The lowest BCUT2D eigenvalue weighted by molar-refractivity contribution is -0.0300. The number of phenols is 2. The molecule has 1 aromatic carbocycles. The molecule has 0 aromatic heterocycles. The third-order valence-electron chi connectivity index (χ3n) is 3.29. The van der Waals surface area contributed by atoms with Crippen molar-refractivity contribution in [3.05, 3.63) is 23.8 Å². The Morgan fingerprint density at radius 2 is 2.11 bits per heavy atom. The number of ether oxygens (including phenoxy) is 1. The molecule has 1 amide bonds. The van der Waals surface area contributed by atoms with Gasteiger partial charge in [-0.2, -0.15) is 0 Å². The zero-order chi connectivity index (χ0) is 14.0. The summed E-state index contributed by atoms with van der Waals surface area (Å²) in [6.07, 6.45) is 0.572. The van der Waals surface area contributed by atoms with Crippen LogP contribution in [0.2, 0.25) is 0 Å². The second kappa shape index (κ2) is 5.46. The first kappa shape index (κ1) is 13.6. The van der Waals surface area contributed by atoms with Gasteiger partial charge in [-0.25, -0.2) is 0 Å². The number of phenolic OH excluding ortho intramolecular Hbond substituents is 2. The lowest BCUT2D eigenvalue weighted by Crippen LogP contribution is -2.64. The number of hydrogen-bond donors (Lipinski definition) is 4. The number of amides is 1. The van der Waals surface area contributed by atoms with Crippen LogP contribution in [-0.2, 0) is 4.74 Å². The fourth-order valence-electron chi connectivity index (χ4n) is 2.21. The van der Waals surface area contributed by atoms with Crippen molar-refractivity contribution in [1.29, 1.82) is 0 Å². The van der Waals surface area contributed by atoms with E-state index in [0.29, 0.717) is 13.0 Å². The fourth-order valence-corrected chi connectivity index (χ4v) is 2.21. The molecule has 1 aliphatic carbocycles. The number of nitrogens with two attached hydrogens (primary N) is 1. The smallest absolute Gasteiger partial charge is 0.259 e. The molecule has 19 heavy (non-hydrogen) atoms. The number of aromatic hydroxyl groups is 2. The summed E-state index contributed by atoms with van der Waals surface area (Å²) in [5, 5.41) is 21.9. The summed E-state index contributed by atoms with van der Waals surface area (Å²) in [4.78, 5) is 12.0. The summed E-state index contributed by atoms with van der Waals surface area (Å²) in [6, 6.07) is 3.67. The molecule has 1 saturated carbocycles. The minimum atomic E-state index is -0.555. The first-order chi connectivity index (χ1) is 9.04. The summed E-state index contributed by atoms with van der Waals surface area (Å²) in [5.74, 6) is -1.09. The van der Waals surface area contributed by atoms with E-state index in [4.69, 9.17) is 10.5 Å². The molecule has 3 atom stereocenters. The number of benzene rings is 1. The van der Waals surface area contributed by atoms with Gasteiger partial charge < -0.3 is 26.0 Å². The average molecular weight is 266 g/mol. The molecule has 0 saturated heterocycles. The van der Waals surface area contributed by atoms with Crippen molar-refractivity contribution < 1.29 is 19.7 Å². The van der Waals surface area contributed by atoms with Gasteiger partial charge in [-0.15, -0.1) is 0 Å². The van der Waals surface area contributed by atoms with E-state index < -0.39 is 5.91 Å². The molecular weight excluding hydrogens is 248 g/mol. The number of carbonyl (C=O) groups excluding carboxylic acids is 1. The van der Waals surface area contributed by atoms with Gasteiger partial charge in [-0.3, -0.25) is 4.79 Å². The second-order valence-corrected chi connectivity index (χ2v) is 4.56. The molecule has 1 aliphatic rings. The van der Waals surface area contributed by atoms with E-state index in [-0.39, 0.29) is 35.3 Å². The zero-order valence-electron chi connectivity index (χ0n) is 10.7. The quantitative estimate of drug-likeness (QED) is 0.628. The van der Waals surface area contributed by atoms with Gasteiger partial charge >= 0.3 is 0 Å². The van der Waals surface area contributed by atoms with Crippen LogP contribution in [0.4, 0.5) is 0 Å². The van der Waals surface area contributed by atoms with E-state index in [9.17, 15) is 15.0 Å². The van der Waals surface area contributed by atoms with Crippen LogP contribution in [0.3, 0.4) is 0 Å². The van der Waals surface area contributed by atoms with E-state index in [2.05, 4.69) is 5.32 Å². The molecule has 5 N–H and O–H groups in total. The Morgan fingerprint density at radius 1 is 1.47 bits per heavy atom. The molecule has 1 aromatic rings. The number of nitrogens with one attached hydrogen (secondary N) is 1. The normalized spacial score (nSPS) is 25.7. The van der Waals surface area contributed by atoms with Crippen LogP contribution in [0, 0.1) is 0 Å². The molecule has 6 heteroatoms. The minimum absolute atomic E-state index is 0.114. The highest BCUT2D eigenvalue weighted by Crippen LogP contribution is 2.28. The van der Waals surface area contributed by atoms with E-state index in [1.54, 1.807) is 0 Å². The molecule has 0 bridgehead atoms. The van der Waals surface area contributed by atoms with Crippen molar-refractivity contribution >= 4 is 5.91 Å². The molecule has 0 aliphatic heterocycles. The van der Waals surface area contributed by atoms with Crippen LogP contribution in [0.25, 0.3) is 0 Å². The molecule has 1 fully saturated rings. The van der Waals surface area contributed by atoms with Crippen LogP contribution in [0.1, 0.15) is 23.7 Å². The lowest BCUT2D eigenvalue weighted by Gasteiger charge is -2.42. The van der Waals surface area contributed by atoms with Gasteiger partial charge in [0.2, 0.25) is 0 Å². The van der Waals surface area contributed by atoms with Gasteiger partial charge in [0.05, 0.1) is 12.1 Å². The molecular formula is C13H18N2O4. The highest BCUT2D eigenvalue weighted by molar-refractivity contribution is 5.99. The zero-order valence-corrected chi connectivity index (χ0v) is 10.7. The van der Waals surface area contributed by atoms with Crippen LogP contribution in [-0.4, -0.2) is 40.9 Å².